The van der Waals surface area contributed by atoms with Crippen molar-refractivity contribution >= 4 is 39.0 Å². The summed E-state index contributed by atoms with van der Waals surface area (Å²) in [5.41, 5.74) is 2.07. The summed E-state index contributed by atoms with van der Waals surface area (Å²) >= 11 is 1.48. The van der Waals surface area contributed by atoms with Crippen molar-refractivity contribution in [2.75, 3.05) is 12.4 Å². The van der Waals surface area contributed by atoms with E-state index >= 15 is 0 Å². The molecule has 1 amide bonds. The van der Waals surface area contributed by atoms with Crippen molar-refractivity contribution in [2.45, 2.75) is 6.92 Å². The highest BCUT2D eigenvalue weighted by molar-refractivity contribution is 7.21. The zero-order chi connectivity index (χ0) is 16.4. The number of ether oxygens (including phenoxy) is 1. The monoisotopic (exact) mass is 325 g/mol. The number of rotatable bonds is 3. The van der Waals surface area contributed by atoms with Gasteiger partial charge in [0.15, 0.2) is 0 Å². The Labute approximate surface area is 137 Å². The molecule has 0 radical (unpaired) electrons. The van der Waals surface area contributed by atoms with Crippen LogP contribution in [0, 0.1) is 6.92 Å². The minimum Gasteiger partial charge on any atom is -0.465 e. The lowest BCUT2D eigenvalue weighted by Gasteiger charge is -2.05. The molecule has 116 valence electrons. The molecule has 5 heteroatoms. The third-order valence-electron chi connectivity index (χ3n) is 3.61. The van der Waals surface area contributed by atoms with Crippen LogP contribution in [0.15, 0.2) is 48.5 Å². The number of benzene rings is 2. The molecule has 3 aromatic rings. The normalized spacial score (nSPS) is 10.5. The van der Waals surface area contributed by atoms with Gasteiger partial charge in [0.05, 0.1) is 17.6 Å². The highest BCUT2D eigenvalue weighted by atomic mass is 32.1. The fourth-order valence-corrected chi connectivity index (χ4v) is 3.49. The number of methoxy groups -OCH3 is 1. The van der Waals surface area contributed by atoms with Gasteiger partial charge in [0.2, 0.25) is 0 Å². The van der Waals surface area contributed by atoms with Crippen LogP contribution in [0.25, 0.3) is 10.1 Å². The molecule has 0 saturated heterocycles. The van der Waals surface area contributed by atoms with Crippen molar-refractivity contribution in [2.24, 2.45) is 0 Å². The van der Waals surface area contributed by atoms with Gasteiger partial charge in [0.1, 0.15) is 0 Å². The smallest absolute Gasteiger partial charge is 0.337 e. The second kappa shape index (κ2) is 6.22. The van der Waals surface area contributed by atoms with Gasteiger partial charge >= 0.3 is 5.97 Å². The van der Waals surface area contributed by atoms with E-state index in [0.29, 0.717) is 16.1 Å². The summed E-state index contributed by atoms with van der Waals surface area (Å²) in [5.74, 6) is -0.544. The second-order valence-electron chi connectivity index (χ2n) is 5.08. The lowest BCUT2D eigenvalue weighted by atomic mass is 10.1. The van der Waals surface area contributed by atoms with E-state index in [4.69, 9.17) is 0 Å². The van der Waals surface area contributed by atoms with Gasteiger partial charge < -0.3 is 10.1 Å². The SMILES string of the molecule is COC(=O)c1ccc(NC(=O)c2sc3ccccc3c2C)cc1. The summed E-state index contributed by atoms with van der Waals surface area (Å²) in [6.45, 7) is 1.95. The summed E-state index contributed by atoms with van der Waals surface area (Å²) < 4.78 is 5.75. The zero-order valence-electron chi connectivity index (χ0n) is 12.8. The first-order valence-electron chi connectivity index (χ1n) is 7.08. The van der Waals surface area contributed by atoms with Gasteiger partial charge in [-0.15, -0.1) is 11.3 Å². The highest BCUT2D eigenvalue weighted by Gasteiger charge is 2.15. The van der Waals surface area contributed by atoms with Crippen molar-refractivity contribution in [1.82, 2.24) is 0 Å². The number of carbonyl (C=O) groups is 2. The Bertz CT molecular complexity index is 881. The van der Waals surface area contributed by atoms with E-state index in [0.717, 1.165) is 15.6 Å². The minimum absolute atomic E-state index is 0.144. The Morgan fingerprint density at radius 1 is 1.04 bits per heavy atom. The molecule has 0 aliphatic heterocycles. The summed E-state index contributed by atoms with van der Waals surface area (Å²) in [6.07, 6.45) is 0. The van der Waals surface area contributed by atoms with E-state index in [-0.39, 0.29) is 5.91 Å². The largest absolute Gasteiger partial charge is 0.465 e. The van der Waals surface area contributed by atoms with Gasteiger partial charge in [-0.1, -0.05) is 18.2 Å². The van der Waals surface area contributed by atoms with Crippen LogP contribution >= 0.6 is 11.3 Å². The van der Waals surface area contributed by atoms with E-state index in [1.54, 1.807) is 24.3 Å². The molecule has 0 fully saturated rings. The molecule has 1 heterocycles. The molecule has 0 aliphatic carbocycles. The molecular weight excluding hydrogens is 310 g/mol. The molecule has 0 saturated carbocycles. The second-order valence-corrected chi connectivity index (χ2v) is 6.13. The van der Waals surface area contributed by atoms with Crippen LogP contribution in [0.5, 0.6) is 0 Å². The van der Waals surface area contributed by atoms with Crippen LogP contribution in [-0.4, -0.2) is 19.0 Å². The molecule has 0 aliphatic rings. The van der Waals surface area contributed by atoms with Crippen molar-refractivity contribution in [3.63, 3.8) is 0 Å². The number of nitrogens with one attached hydrogen (secondary N) is 1. The summed E-state index contributed by atoms with van der Waals surface area (Å²) in [7, 11) is 1.34. The number of aryl methyl sites for hydroxylation is 1. The fraction of sp³-hybridized carbons (Fsp3) is 0.111. The third-order valence-corrected chi connectivity index (χ3v) is 4.89. The Morgan fingerprint density at radius 2 is 1.74 bits per heavy atom. The average Bonchev–Trinajstić information content (AvgIpc) is 2.92. The first-order chi connectivity index (χ1) is 11.1. The molecule has 0 spiro atoms. The molecular formula is C18H15NO3S. The summed E-state index contributed by atoms with van der Waals surface area (Å²) in [6, 6.07) is 14.6. The van der Waals surface area contributed by atoms with Crippen molar-refractivity contribution in [3.05, 3.63) is 64.5 Å². The highest BCUT2D eigenvalue weighted by Crippen LogP contribution is 2.31. The van der Waals surface area contributed by atoms with E-state index in [9.17, 15) is 9.59 Å². The van der Waals surface area contributed by atoms with Crippen LogP contribution in [0.3, 0.4) is 0 Å². The Kier molecular flexibility index (Phi) is 4.12. The van der Waals surface area contributed by atoms with Gasteiger partial charge in [-0.2, -0.15) is 0 Å². The van der Waals surface area contributed by atoms with Crippen LogP contribution in [0.4, 0.5) is 5.69 Å². The topological polar surface area (TPSA) is 55.4 Å². The predicted molar refractivity (Wildman–Crippen MR) is 92.3 cm³/mol. The number of amides is 1. The van der Waals surface area contributed by atoms with Gasteiger partial charge in [-0.05, 0) is 48.2 Å². The molecule has 4 nitrogen and oxygen atoms in total. The summed E-state index contributed by atoms with van der Waals surface area (Å²) in [5, 5.41) is 3.96. The molecule has 3 rings (SSSR count). The zero-order valence-corrected chi connectivity index (χ0v) is 13.6. The van der Waals surface area contributed by atoms with Gasteiger partial charge in [-0.3, -0.25) is 4.79 Å². The fourth-order valence-electron chi connectivity index (χ4n) is 2.39. The van der Waals surface area contributed by atoms with E-state index in [1.807, 2.05) is 31.2 Å². The number of esters is 1. The standard InChI is InChI=1S/C18H15NO3S/c1-11-14-5-3-4-6-15(14)23-16(11)17(20)19-13-9-7-12(8-10-13)18(21)22-2/h3-10H,1-2H3,(H,19,20). The minimum atomic E-state index is -0.400. The predicted octanol–water partition coefficient (Wildman–Crippen LogP) is 4.25. The van der Waals surface area contributed by atoms with Crippen LogP contribution in [0.1, 0.15) is 25.6 Å². The molecule has 1 N–H and O–H groups in total. The van der Waals surface area contributed by atoms with Crippen LogP contribution in [-0.2, 0) is 4.74 Å². The number of hydrogen-bond acceptors (Lipinski definition) is 4. The maximum atomic E-state index is 12.5. The van der Waals surface area contributed by atoms with Gasteiger partial charge in [-0.25, -0.2) is 4.79 Å². The Balaban J connectivity index is 1.83. The maximum absolute atomic E-state index is 12.5. The lowest BCUT2D eigenvalue weighted by molar-refractivity contribution is 0.0600. The molecule has 0 atom stereocenters. The number of hydrogen-bond donors (Lipinski definition) is 1. The summed E-state index contributed by atoms with van der Waals surface area (Å²) in [4.78, 5) is 24.6. The van der Waals surface area contributed by atoms with Crippen LogP contribution < -0.4 is 5.32 Å². The molecule has 23 heavy (non-hydrogen) atoms. The molecule has 1 aromatic heterocycles. The number of anilines is 1. The van der Waals surface area contributed by atoms with Crippen LogP contribution in [0.2, 0.25) is 0 Å². The molecule has 2 aromatic carbocycles. The van der Waals surface area contributed by atoms with Crippen molar-refractivity contribution < 1.29 is 14.3 Å². The maximum Gasteiger partial charge on any atom is 0.337 e. The quantitative estimate of drug-likeness (QED) is 0.733. The Hall–Kier alpha value is -2.66. The molecule has 0 unspecified atom stereocenters. The van der Waals surface area contributed by atoms with E-state index in [1.165, 1.54) is 18.4 Å². The first-order valence-corrected chi connectivity index (χ1v) is 7.89. The van der Waals surface area contributed by atoms with Gasteiger partial charge in [0.25, 0.3) is 5.91 Å². The third kappa shape index (κ3) is 2.96. The number of thiophene rings is 1. The van der Waals surface area contributed by atoms with Gasteiger partial charge in [0, 0.05) is 10.4 Å². The lowest BCUT2D eigenvalue weighted by Crippen LogP contribution is -2.11. The van der Waals surface area contributed by atoms with Crippen molar-refractivity contribution in [1.29, 1.82) is 0 Å². The van der Waals surface area contributed by atoms with Crippen molar-refractivity contribution in [3.8, 4) is 0 Å². The Morgan fingerprint density at radius 3 is 2.39 bits per heavy atom. The average molecular weight is 325 g/mol. The first kappa shape index (κ1) is 15.2. The molecule has 0 bridgehead atoms. The van der Waals surface area contributed by atoms with E-state index in [2.05, 4.69) is 10.1 Å². The van der Waals surface area contributed by atoms with E-state index < -0.39 is 5.97 Å². The number of carbonyl (C=O) groups excluding carboxylic acids is 2. The number of fused-ring (bicyclic) bond motifs is 1.